The lowest BCUT2D eigenvalue weighted by molar-refractivity contribution is 0.247. The summed E-state index contributed by atoms with van der Waals surface area (Å²) in [6, 6.07) is 8.74. The molecule has 1 fully saturated rings. The lowest BCUT2D eigenvalue weighted by Gasteiger charge is -2.28. The van der Waals surface area contributed by atoms with Crippen molar-refractivity contribution in [2.75, 3.05) is 33.3 Å². The molecule has 1 aromatic rings. The molecule has 0 radical (unpaired) electrons. The quantitative estimate of drug-likeness (QED) is 0.868. The highest BCUT2D eigenvalue weighted by atomic mass is 16.5. The van der Waals surface area contributed by atoms with Crippen molar-refractivity contribution in [1.29, 1.82) is 0 Å². The van der Waals surface area contributed by atoms with Gasteiger partial charge in [-0.1, -0.05) is 32.0 Å². The predicted molar refractivity (Wildman–Crippen MR) is 88.9 cm³/mol. The first-order valence-corrected chi connectivity index (χ1v) is 8.33. The minimum absolute atomic E-state index is 0.347. The van der Waals surface area contributed by atoms with E-state index >= 15 is 0 Å². The summed E-state index contributed by atoms with van der Waals surface area (Å²) >= 11 is 0. The highest BCUT2D eigenvalue weighted by Gasteiger charge is 2.20. The highest BCUT2D eigenvalue weighted by Crippen LogP contribution is 2.26. The number of hydrogen-bond acceptors (Lipinski definition) is 3. The van der Waals surface area contributed by atoms with Gasteiger partial charge >= 0.3 is 0 Å². The average Bonchev–Trinajstić information content (AvgIpc) is 2.71. The normalized spacial score (nSPS) is 21.8. The maximum absolute atomic E-state index is 5.55. The van der Waals surface area contributed by atoms with Gasteiger partial charge in [-0.2, -0.15) is 0 Å². The molecule has 1 aliphatic rings. The Kier molecular flexibility index (Phi) is 6.52. The Hall–Kier alpha value is -1.06. The van der Waals surface area contributed by atoms with Crippen LogP contribution in [0.25, 0.3) is 0 Å². The van der Waals surface area contributed by atoms with E-state index in [-0.39, 0.29) is 0 Å². The summed E-state index contributed by atoms with van der Waals surface area (Å²) in [5.74, 6) is 1.87. The van der Waals surface area contributed by atoms with Crippen LogP contribution in [-0.4, -0.2) is 38.2 Å². The van der Waals surface area contributed by atoms with Crippen molar-refractivity contribution >= 4 is 0 Å². The van der Waals surface area contributed by atoms with Gasteiger partial charge < -0.3 is 15.0 Å². The van der Waals surface area contributed by atoms with E-state index in [1.54, 1.807) is 7.11 Å². The number of likely N-dealkylation sites (tertiary alicyclic amines) is 1. The van der Waals surface area contributed by atoms with Crippen LogP contribution in [0.1, 0.15) is 44.7 Å². The Bertz CT molecular complexity index is 421. The maximum atomic E-state index is 5.55. The van der Waals surface area contributed by atoms with Gasteiger partial charge in [0.1, 0.15) is 5.75 Å². The second-order valence-corrected chi connectivity index (χ2v) is 6.19. The van der Waals surface area contributed by atoms with E-state index in [2.05, 4.69) is 42.3 Å². The standard InChI is InChI=1S/C18H30N2O/c1-4-19-17(16-9-5-6-10-18(16)21-3)14-20-12-7-8-15(2)11-13-20/h5-6,9-10,15,17,19H,4,7-8,11-14H2,1-3H3. The molecule has 2 rings (SSSR count). The molecule has 2 unspecified atom stereocenters. The lowest BCUT2D eigenvalue weighted by atomic mass is 10.0. The number of hydrogen-bond donors (Lipinski definition) is 1. The smallest absolute Gasteiger partial charge is 0.123 e. The van der Waals surface area contributed by atoms with E-state index in [0.717, 1.165) is 24.8 Å². The van der Waals surface area contributed by atoms with E-state index in [9.17, 15) is 0 Å². The van der Waals surface area contributed by atoms with Gasteiger partial charge in [-0.3, -0.25) is 0 Å². The Labute approximate surface area is 129 Å². The minimum atomic E-state index is 0.347. The largest absolute Gasteiger partial charge is 0.496 e. The number of para-hydroxylation sites is 1. The molecule has 3 heteroatoms. The van der Waals surface area contributed by atoms with E-state index < -0.39 is 0 Å². The molecule has 21 heavy (non-hydrogen) atoms. The van der Waals surface area contributed by atoms with Gasteiger partial charge in [0.25, 0.3) is 0 Å². The molecule has 118 valence electrons. The van der Waals surface area contributed by atoms with Gasteiger partial charge in [0.05, 0.1) is 7.11 Å². The molecule has 1 aromatic carbocycles. The van der Waals surface area contributed by atoms with Gasteiger partial charge in [0, 0.05) is 18.2 Å². The lowest BCUT2D eigenvalue weighted by Crippen LogP contribution is -2.36. The van der Waals surface area contributed by atoms with E-state index in [4.69, 9.17) is 4.74 Å². The molecular formula is C18H30N2O. The monoisotopic (exact) mass is 290 g/mol. The van der Waals surface area contributed by atoms with Crippen LogP contribution in [0.4, 0.5) is 0 Å². The molecule has 1 N–H and O–H groups in total. The van der Waals surface area contributed by atoms with Crippen LogP contribution < -0.4 is 10.1 Å². The first kappa shape index (κ1) is 16.3. The second kappa shape index (κ2) is 8.40. The van der Waals surface area contributed by atoms with E-state index in [1.807, 2.05) is 6.07 Å². The van der Waals surface area contributed by atoms with Crippen LogP contribution in [0.5, 0.6) is 5.75 Å². The topological polar surface area (TPSA) is 24.5 Å². The molecule has 0 aromatic heterocycles. The zero-order valence-corrected chi connectivity index (χ0v) is 13.8. The van der Waals surface area contributed by atoms with Crippen LogP contribution in [0.2, 0.25) is 0 Å². The zero-order chi connectivity index (χ0) is 15.1. The second-order valence-electron chi connectivity index (χ2n) is 6.19. The molecule has 0 spiro atoms. The predicted octanol–water partition coefficient (Wildman–Crippen LogP) is 3.47. The number of methoxy groups -OCH3 is 1. The van der Waals surface area contributed by atoms with Gasteiger partial charge in [-0.25, -0.2) is 0 Å². The molecule has 1 saturated heterocycles. The van der Waals surface area contributed by atoms with Gasteiger partial charge in [0.15, 0.2) is 0 Å². The third-order valence-electron chi connectivity index (χ3n) is 4.52. The SMILES string of the molecule is CCNC(CN1CCCC(C)CC1)c1ccccc1OC. The average molecular weight is 290 g/mol. The summed E-state index contributed by atoms with van der Waals surface area (Å²) in [4.78, 5) is 2.61. The van der Waals surface area contributed by atoms with Crippen LogP contribution in [0.15, 0.2) is 24.3 Å². The first-order valence-electron chi connectivity index (χ1n) is 8.33. The Balaban J connectivity index is 2.07. The zero-order valence-electron chi connectivity index (χ0n) is 13.8. The molecular weight excluding hydrogens is 260 g/mol. The molecule has 2 atom stereocenters. The van der Waals surface area contributed by atoms with Crippen molar-refractivity contribution in [3.8, 4) is 5.75 Å². The number of nitrogens with zero attached hydrogens (tertiary/aromatic N) is 1. The fraction of sp³-hybridized carbons (Fsp3) is 0.667. The van der Waals surface area contributed by atoms with Crippen molar-refractivity contribution in [3.63, 3.8) is 0 Å². The number of rotatable bonds is 6. The molecule has 0 aliphatic carbocycles. The van der Waals surface area contributed by atoms with Crippen molar-refractivity contribution in [3.05, 3.63) is 29.8 Å². The highest BCUT2D eigenvalue weighted by molar-refractivity contribution is 5.36. The minimum Gasteiger partial charge on any atom is -0.496 e. The van der Waals surface area contributed by atoms with Crippen LogP contribution in [-0.2, 0) is 0 Å². The summed E-state index contributed by atoms with van der Waals surface area (Å²) in [7, 11) is 1.76. The Morgan fingerprint density at radius 3 is 2.86 bits per heavy atom. The van der Waals surface area contributed by atoms with Crippen molar-refractivity contribution < 1.29 is 4.74 Å². The number of ether oxygens (including phenoxy) is 1. The Morgan fingerprint density at radius 1 is 1.29 bits per heavy atom. The fourth-order valence-corrected chi connectivity index (χ4v) is 3.24. The fourth-order valence-electron chi connectivity index (χ4n) is 3.24. The molecule has 0 amide bonds. The summed E-state index contributed by atoms with van der Waals surface area (Å²) in [5, 5.41) is 3.63. The van der Waals surface area contributed by atoms with Gasteiger partial charge in [-0.15, -0.1) is 0 Å². The molecule has 1 heterocycles. The van der Waals surface area contributed by atoms with E-state index in [1.165, 1.54) is 37.9 Å². The van der Waals surface area contributed by atoms with Crippen LogP contribution in [0, 0.1) is 5.92 Å². The number of nitrogens with one attached hydrogen (secondary N) is 1. The summed E-state index contributed by atoms with van der Waals surface area (Å²) in [5.41, 5.74) is 1.28. The molecule has 0 saturated carbocycles. The first-order chi connectivity index (χ1) is 10.2. The molecule has 1 aliphatic heterocycles. The van der Waals surface area contributed by atoms with E-state index in [0.29, 0.717) is 6.04 Å². The van der Waals surface area contributed by atoms with Crippen molar-refractivity contribution in [2.24, 2.45) is 5.92 Å². The van der Waals surface area contributed by atoms with Gasteiger partial charge in [-0.05, 0) is 50.9 Å². The third kappa shape index (κ3) is 4.72. The summed E-state index contributed by atoms with van der Waals surface area (Å²) in [6.07, 6.45) is 4.02. The summed E-state index contributed by atoms with van der Waals surface area (Å²) < 4.78 is 5.55. The molecule has 0 bridgehead atoms. The van der Waals surface area contributed by atoms with Crippen molar-refractivity contribution in [1.82, 2.24) is 10.2 Å². The molecule has 3 nitrogen and oxygen atoms in total. The van der Waals surface area contributed by atoms with Crippen molar-refractivity contribution in [2.45, 2.75) is 39.2 Å². The third-order valence-corrected chi connectivity index (χ3v) is 4.52. The maximum Gasteiger partial charge on any atom is 0.123 e. The number of benzene rings is 1. The van der Waals surface area contributed by atoms with Crippen LogP contribution >= 0.6 is 0 Å². The summed E-state index contributed by atoms with van der Waals surface area (Å²) in [6.45, 7) is 9.05. The van der Waals surface area contributed by atoms with Crippen LogP contribution in [0.3, 0.4) is 0 Å². The van der Waals surface area contributed by atoms with Gasteiger partial charge in [0.2, 0.25) is 0 Å². The number of likely N-dealkylation sites (N-methyl/N-ethyl adjacent to an activating group) is 1. The Morgan fingerprint density at radius 2 is 2.10 bits per heavy atom.